The van der Waals surface area contributed by atoms with E-state index in [-0.39, 0.29) is 0 Å². The van der Waals surface area contributed by atoms with Gasteiger partial charge < -0.3 is 14.8 Å². The molecule has 1 N–H and O–H groups in total. The van der Waals surface area contributed by atoms with Crippen LogP contribution in [0.3, 0.4) is 0 Å². The average molecular weight is 378 g/mol. The molecule has 28 heavy (non-hydrogen) atoms. The lowest BCUT2D eigenvalue weighted by molar-refractivity contribution is -0.0206. The van der Waals surface area contributed by atoms with E-state index in [1.54, 1.807) is 7.11 Å². The Morgan fingerprint density at radius 1 is 0.857 bits per heavy atom. The largest absolute Gasteiger partial charge is 0.497 e. The topological polar surface area (TPSA) is 30.5 Å². The molecule has 0 heterocycles. The Morgan fingerprint density at radius 3 is 2.18 bits per heavy atom. The Hall–Kier alpha value is -2.00. The van der Waals surface area contributed by atoms with Crippen molar-refractivity contribution in [3.05, 3.63) is 59.7 Å². The minimum absolute atomic E-state index is 0.427. The average Bonchev–Trinajstić information content (AvgIpc) is 2.71. The Morgan fingerprint density at radius 2 is 1.54 bits per heavy atom. The predicted octanol–water partition coefficient (Wildman–Crippen LogP) is 5.33. The smallest absolute Gasteiger partial charge is 0.119 e. The molecule has 0 aromatic heterocycles. The van der Waals surface area contributed by atoms with Gasteiger partial charge in [0.25, 0.3) is 0 Å². The number of benzene rings is 2. The summed E-state index contributed by atoms with van der Waals surface area (Å²) in [6.45, 7) is 1.53. The van der Waals surface area contributed by atoms with Gasteiger partial charge in [-0.15, -0.1) is 0 Å². The van der Waals surface area contributed by atoms with Crippen LogP contribution in [0.4, 0.5) is 0 Å². The summed E-state index contributed by atoms with van der Waals surface area (Å²) >= 11 is 0. The normalized spacial score (nSPS) is 30.4. The minimum atomic E-state index is 0.427. The molecule has 3 heteroatoms. The molecule has 0 aliphatic heterocycles. The number of ether oxygens (including phenoxy) is 2. The summed E-state index contributed by atoms with van der Waals surface area (Å²) in [5, 5.41) is 3.98. The summed E-state index contributed by atoms with van der Waals surface area (Å²) in [6, 6.07) is 16.6. The molecule has 0 unspecified atom stereocenters. The van der Waals surface area contributed by atoms with Crippen molar-refractivity contribution >= 4 is 0 Å². The molecule has 4 fully saturated rings. The number of hydrogen-bond acceptors (Lipinski definition) is 3. The molecule has 0 amide bonds. The molecule has 148 valence electrons. The van der Waals surface area contributed by atoms with E-state index < -0.39 is 0 Å². The number of hydrogen-bond donors (Lipinski definition) is 1. The second-order valence-corrected chi connectivity index (χ2v) is 9.34. The van der Waals surface area contributed by atoms with Gasteiger partial charge in [-0.25, -0.2) is 0 Å². The van der Waals surface area contributed by atoms with E-state index in [1.807, 2.05) is 18.2 Å². The van der Waals surface area contributed by atoms with Crippen LogP contribution in [0.15, 0.2) is 48.5 Å². The van der Waals surface area contributed by atoms with Crippen molar-refractivity contribution in [3.8, 4) is 11.5 Å². The highest BCUT2D eigenvalue weighted by Crippen LogP contribution is 2.55. The van der Waals surface area contributed by atoms with E-state index in [9.17, 15) is 0 Å². The van der Waals surface area contributed by atoms with Gasteiger partial charge in [0.15, 0.2) is 0 Å². The summed E-state index contributed by atoms with van der Waals surface area (Å²) in [6.07, 6.45) is 8.71. The minimum Gasteiger partial charge on any atom is -0.497 e. The molecule has 0 atom stereocenters. The summed E-state index contributed by atoms with van der Waals surface area (Å²) in [4.78, 5) is 0. The summed E-state index contributed by atoms with van der Waals surface area (Å²) in [7, 11) is 1.69. The lowest BCUT2D eigenvalue weighted by Gasteiger charge is -2.57. The van der Waals surface area contributed by atoms with E-state index in [2.05, 4.69) is 35.6 Å². The maximum atomic E-state index is 5.95. The van der Waals surface area contributed by atoms with Crippen LogP contribution < -0.4 is 14.8 Å². The van der Waals surface area contributed by atoms with E-state index in [0.29, 0.717) is 12.1 Å². The first-order valence-corrected chi connectivity index (χ1v) is 10.8. The van der Waals surface area contributed by atoms with Gasteiger partial charge in [0.1, 0.15) is 18.1 Å². The first-order chi connectivity index (χ1) is 13.7. The maximum absolute atomic E-state index is 5.95. The van der Waals surface area contributed by atoms with Gasteiger partial charge in [-0.05, 0) is 91.7 Å². The molecule has 4 bridgehead atoms. The Bertz CT molecular complexity index is 778. The molecular formula is C25H31NO2. The quantitative estimate of drug-likeness (QED) is 0.707. The molecule has 4 aliphatic rings. The zero-order valence-electron chi connectivity index (χ0n) is 16.8. The predicted molar refractivity (Wildman–Crippen MR) is 112 cm³/mol. The van der Waals surface area contributed by atoms with Crippen molar-refractivity contribution in [2.75, 3.05) is 7.11 Å². The van der Waals surface area contributed by atoms with Gasteiger partial charge in [-0.1, -0.05) is 24.3 Å². The van der Waals surface area contributed by atoms with E-state index in [4.69, 9.17) is 9.47 Å². The van der Waals surface area contributed by atoms with Crippen LogP contribution >= 0.6 is 0 Å². The van der Waals surface area contributed by atoms with Crippen LogP contribution in [-0.2, 0) is 13.2 Å². The SMILES string of the molecule is COc1cccc(COc2ccc(CNC34CC5CC(CC(C5)C3)C4)cc2)c1. The Kier molecular flexibility index (Phi) is 4.80. The van der Waals surface area contributed by atoms with Crippen LogP contribution in [0, 0.1) is 17.8 Å². The van der Waals surface area contributed by atoms with Crippen LogP contribution in [-0.4, -0.2) is 12.6 Å². The second kappa shape index (κ2) is 7.44. The first-order valence-electron chi connectivity index (χ1n) is 10.8. The van der Waals surface area contributed by atoms with Crippen molar-refractivity contribution in [2.24, 2.45) is 17.8 Å². The Labute approximate surface area is 168 Å². The van der Waals surface area contributed by atoms with Gasteiger partial charge in [0, 0.05) is 12.1 Å². The molecule has 4 saturated carbocycles. The number of methoxy groups -OCH3 is 1. The highest BCUT2D eigenvalue weighted by atomic mass is 16.5. The van der Waals surface area contributed by atoms with E-state index in [1.165, 1.54) is 44.1 Å². The third kappa shape index (κ3) is 3.77. The number of rotatable bonds is 7. The molecular weight excluding hydrogens is 346 g/mol. The maximum Gasteiger partial charge on any atom is 0.119 e. The van der Waals surface area contributed by atoms with Gasteiger partial charge in [0.05, 0.1) is 7.11 Å². The van der Waals surface area contributed by atoms with Crippen LogP contribution in [0.25, 0.3) is 0 Å². The third-order valence-corrected chi connectivity index (χ3v) is 7.17. The van der Waals surface area contributed by atoms with Crippen molar-refractivity contribution in [1.82, 2.24) is 5.32 Å². The monoisotopic (exact) mass is 377 g/mol. The molecule has 3 nitrogen and oxygen atoms in total. The van der Waals surface area contributed by atoms with Crippen LogP contribution in [0.2, 0.25) is 0 Å². The van der Waals surface area contributed by atoms with Crippen LogP contribution in [0.5, 0.6) is 11.5 Å². The van der Waals surface area contributed by atoms with E-state index >= 15 is 0 Å². The summed E-state index contributed by atoms with van der Waals surface area (Å²) in [5.41, 5.74) is 2.90. The molecule has 0 radical (unpaired) electrons. The van der Waals surface area contributed by atoms with Crippen molar-refractivity contribution in [3.63, 3.8) is 0 Å². The number of nitrogens with one attached hydrogen (secondary N) is 1. The van der Waals surface area contributed by atoms with Crippen LogP contribution in [0.1, 0.15) is 49.7 Å². The zero-order chi connectivity index (χ0) is 19.0. The lowest BCUT2D eigenvalue weighted by atomic mass is 9.53. The highest BCUT2D eigenvalue weighted by molar-refractivity contribution is 5.30. The molecule has 0 spiro atoms. The fraction of sp³-hybridized carbons (Fsp3) is 0.520. The summed E-state index contributed by atoms with van der Waals surface area (Å²) < 4.78 is 11.2. The van der Waals surface area contributed by atoms with Gasteiger partial charge in [0.2, 0.25) is 0 Å². The first kappa shape index (κ1) is 18.1. The van der Waals surface area contributed by atoms with Crippen molar-refractivity contribution < 1.29 is 9.47 Å². The molecule has 2 aromatic carbocycles. The second-order valence-electron chi connectivity index (χ2n) is 9.34. The van der Waals surface area contributed by atoms with E-state index in [0.717, 1.165) is 41.4 Å². The molecule has 2 aromatic rings. The van der Waals surface area contributed by atoms with Gasteiger partial charge in [-0.3, -0.25) is 0 Å². The van der Waals surface area contributed by atoms with Gasteiger partial charge >= 0.3 is 0 Å². The van der Waals surface area contributed by atoms with Gasteiger partial charge in [-0.2, -0.15) is 0 Å². The fourth-order valence-electron chi connectivity index (χ4n) is 6.25. The lowest BCUT2D eigenvalue weighted by Crippen LogP contribution is -2.58. The molecule has 4 aliphatic carbocycles. The highest BCUT2D eigenvalue weighted by Gasteiger charge is 2.50. The summed E-state index contributed by atoms with van der Waals surface area (Å²) in [5.74, 6) is 4.76. The zero-order valence-corrected chi connectivity index (χ0v) is 16.8. The fourth-order valence-corrected chi connectivity index (χ4v) is 6.25. The standard InChI is InChI=1S/C25H31NO2/c1-27-24-4-2-3-19(12-24)17-28-23-7-5-18(6-8-23)16-26-25-13-20-9-21(14-25)11-22(10-20)15-25/h2-8,12,20-22,26H,9-11,13-17H2,1H3. The molecule has 6 rings (SSSR count). The molecule has 0 saturated heterocycles. The van der Waals surface area contributed by atoms with Crippen molar-refractivity contribution in [2.45, 2.75) is 57.2 Å². The van der Waals surface area contributed by atoms with Crippen molar-refractivity contribution in [1.29, 1.82) is 0 Å². The third-order valence-electron chi connectivity index (χ3n) is 7.17. The Balaban J connectivity index is 1.16.